The van der Waals surface area contributed by atoms with E-state index in [4.69, 9.17) is 0 Å². The molecule has 1 N–H and O–H groups in total. The Labute approximate surface area is 93.1 Å². The van der Waals surface area contributed by atoms with Gasteiger partial charge >= 0.3 is 5.17 Å². The molecule has 0 saturated carbocycles. The first-order valence-corrected chi connectivity index (χ1v) is 6.95. The fraction of sp³-hybridized carbons (Fsp3) is 0.875. The molecule has 1 unspecified atom stereocenters. The molecular formula is C8H17N4S2+. The van der Waals surface area contributed by atoms with Crippen LogP contribution in [0.25, 0.3) is 0 Å². The third-order valence-electron chi connectivity index (χ3n) is 2.39. The number of nitrogens with one attached hydrogen (secondary N) is 1. The Bertz CT molecular complexity index is 254. The van der Waals surface area contributed by atoms with Crippen molar-refractivity contribution >= 4 is 26.8 Å². The molecule has 0 amide bonds. The summed E-state index contributed by atoms with van der Waals surface area (Å²) in [6.45, 7) is 3.37. The highest BCUT2D eigenvalue weighted by Crippen LogP contribution is 2.33. The summed E-state index contributed by atoms with van der Waals surface area (Å²) in [7, 11) is 10.1. The molecule has 0 aromatic rings. The summed E-state index contributed by atoms with van der Waals surface area (Å²) in [4.78, 5) is 4.54. The molecule has 6 heteroatoms. The molecule has 2 fully saturated rings. The quantitative estimate of drug-likeness (QED) is 0.510. The van der Waals surface area contributed by atoms with Crippen molar-refractivity contribution in [3.63, 3.8) is 0 Å². The first kappa shape index (κ1) is 10.6. The molecule has 0 radical (unpaired) electrons. The maximum absolute atomic E-state index is 3.52. The normalized spacial score (nSPS) is 34.1. The molecular weight excluding hydrogens is 216 g/mol. The molecule has 1 atom stereocenters. The van der Waals surface area contributed by atoms with E-state index in [9.17, 15) is 0 Å². The van der Waals surface area contributed by atoms with E-state index in [1.807, 2.05) is 21.6 Å². The van der Waals surface area contributed by atoms with Crippen LogP contribution in [-0.4, -0.2) is 65.9 Å². The van der Waals surface area contributed by atoms with E-state index in [1.165, 1.54) is 11.7 Å². The second kappa shape index (κ2) is 4.30. The Hall–Kier alpha value is 0.0900. The van der Waals surface area contributed by atoms with Crippen LogP contribution >= 0.6 is 21.6 Å². The Morgan fingerprint density at radius 3 is 2.86 bits per heavy atom. The van der Waals surface area contributed by atoms with Gasteiger partial charge in [-0.1, -0.05) is 0 Å². The third kappa shape index (κ3) is 2.18. The molecule has 0 aromatic heterocycles. The molecule has 0 aliphatic carbocycles. The van der Waals surface area contributed by atoms with Crippen molar-refractivity contribution in [1.29, 1.82) is 0 Å². The van der Waals surface area contributed by atoms with Gasteiger partial charge in [0.15, 0.2) is 0 Å². The Morgan fingerprint density at radius 2 is 2.36 bits per heavy atom. The molecule has 14 heavy (non-hydrogen) atoms. The summed E-state index contributed by atoms with van der Waals surface area (Å²) in [6.07, 6.45) is 0. The van der Waals surface area contributed by atoms with Gasteiger partial charge in [-0.15, -0.1) is 0 Å². The minimum atomic E-state index is 0.418. The van der Waals surface area contributed by atoms with Crippen LogP contribution in [0, 0.1) is 0 Å². The van der Waals surface area contributed by atoms with Crippen molar-refractivity contribution in [2.45, 2.75) is 5.50 Å². The van der Waals surface area contributed by atoms with Crippen LogP contribution < -0.4 is 5.32 Å². The van der Waals surface area contributed by atoms with Crippen LogP contribution in [0.1, 0.15) is 0 Å². The zero-order valence-corrected chi connectivity index (χ0v) is 10.5. The number of rotatable bonds is 1. The molecule has 0 bridgehead atoms. The third-order valence-corrected chi connectivity index (χ3v) is 5.05. The Kier molecular flexibility index (Phi) is 3.26. The van der Waals surface area contributed by atoms with Crippen LogP contribution in [0.3, 0.4) is 0 Å². The number of hydrogen-bond donors (Lipinski definition) is 1. The lowest BCUT2D eigenvalue weighted by molar-refractivity contribution is -0.513. The Morgan fingerprint density at radius 1 is 1.57 bits per heavy atom. The van der Waals surface area contributed by atoms with Crippen LogP contribution in [0.15, 0.2) is 0 Å². The number of hydrogen-bond acceptors (Lipinski definition) is 4. The van der Waals surface area contributed by atoms with Gasteiger partial charge in [-0.25, -0.2) is 9.89 Å². The van der Waals surface area contributed by atoms with Gasteiger partial charge < -0.3 is 0 Å². The minimum absolute atomic E-state index is 0.418. The van der Waals surface area contributed by atoms with Crippen molar-refractivity contribution < 1.29 is 4.58 Å². The van der Waals surface area contributed by atoms with Gasteiger partial charge in [0, 0.05) is 17.3 Å². The van der Waals surface area contributed by atoms with E-state index in [0.29, 0.717) is 5.50 Å². The van der Waals surface area contributed by atoms with Gasteiger partial charge in [0.05, 0.1) is 0 Å². The second-order valence-corrected chi connectivity index (χ2v) is 6.20. The molecule has 0 aromatic carbocycles. The lowest BCUT2D eigenvalue weighted by atomic mass is 10.6. The average molecular weight is 233 g/mol. The van der Waals surface area contributed by atoms with Crippen molar-refractivity contribution in [1.82, 2.24) is 15.1 Å². The molecule has 2 aliphatic heterocycles. The SMILES string of the molecule is CN1CC[N+](=C2NC(N(C)C)SS2)C1. The summed E-state index contributed by atoms with van der Waals surface area (Å²) >= 11 is 0. The highest BCUT2D eigenvalue weighted by molar-refractivity contribution is 8.83. The van der Waals surface area contributed by atoms with E-state index >= 15 is 0 Å². The van der Waals surface area contributed by atoms with Gasteiger partial charge in [-0.05, 0) is 31.9 Å². The van der Waals surface area contributed by atoms with Crippen molar-refractivity contribution in [3.05, 3.63) is 0 Å². The Balaban J connectivity index is 2.00. The minimum Gasteiger partial charge on any atom is -0.267 e. The number of nitrogens with zero attached hydrogens (tertiary/aromatic N) is 3. The van der Waals surface area contributed by atoms with E-state index in [1.54, 1.807) is 0 Å². The van der Waals surface area contributed by atoms with E-state index in [-0.39, 0.29) is 0 Å². The van der Waals surface area contributed by atoms with Crippen LogP contribution in [-0.2, 0) is 0 Å². The smallest absolute Gasteiger partial charge is 0.267 e. The van der Waals surface area contributed by atoms with Gasteiger partial charge in [-0.2, -0.15) is 0 Å². The lowest BCUT2D eigenvalue weighted by Crippen LogP contribution is -2.39. The molecule has 2 aliphatic rings. The highest BCUT2D eigenvalue weighted by atomic mass is 33.1. The largest absolute Gasteiger partial charge is 0.320 e. The van der Waals surface area contributed by atoms with Gasteiger partial charge in [0.1, 0.15) is 13.2 Å². The summed E-state index contributed by atoms with van der Waals surface area (Å²) in [5, 5.41) is 4.84. The number of likely N-dealkylation sites (N-methyl/N-ethyl adjacent to an activating group) is 1. The molecule has 2 rings (SSSR count). The van der Waals surface area contributed by atoms with E-state index in [2.05, 4.69) is 40.8 Å². The molecule has 4 nitrogen and oxygen atoms in total. The summed E-state index contributed by atoms with van der Waals surface area (Å²) < 4.78 is 2.40. The standard InChI is InChI=1S/C8H16N4S2/c1-10(2)7-9-8(14-13-7)12-5-4-11(3)6-12/h7H,4-6H2,1-3H3/p+1. The van der Waals surface area contributed by atoms with Gasteiger partial charge in [-0.3, -0.25) is 9.80 Å². The summed E-state index contributed by atoms with van der Waals surface area (Å²) in [5.41, 5.74) is 0.418. The zero-order valence-electron chi connectivity index (χ0n) is 8.86. The van der Waals surface area contributed by atoms with Crippen molar-refractivity contribution in [2.24, 2.45) is 0 Å². The van der Waals surface area contributed by atoms with Crippen LogP contribution in [0.5, 0.6) is 0 Å². The first-order valence-electron chi connectivity index (χ1n) is 4.73. The topological polar surface area (TPSA) is 21.5 Å². The highest BCUT2D eigenvalue weighted by Gasteiger charge is 2.33. The van der Waals surface area contributed by atoms with Gasteiger partial charge in [0.2, 0.25) is 5.50 Å². The molecule has 80 valence electrons. The maximum atomic E-state index is 3.52. The fourth-order valence-electron chi connectivity index (χ4n) is 1.49. The number of amidine groups is 1. The predicted molar refractivity (Wildman–Crippen MR) is 63.4 cm³/mol. The van der Waals surface area contributed by atoms with Crippen LogP contribution in [0.2, 0.25) is 0 Å². The predicted octanol–water partition coefficient (Wildman–Crippen LogP) is 0.0876. The maximum Gasteiger partial charge on any atom is 0.320 e. The summed E-state index contributed by atoms with van der Waals surface area (Å²) in [6, 6.07) is 0. The lowest BCUT2D eigenvalue weighted by Gasteiger charge is -2.12. The monoisotopic (exact) mass is 233 g/mol. The van der Waals surface area contributed by atoms with Gasteiger partial charge in [0.25, 0.3) is 0 Å². The van der Waals surface area contributed by atoms with E-state index < -0.39 is 0 Å². The molecule has 2 heterocycles. The average Bonchev–Trinajstić information content (AvgIpc) is 2.70. The van der Waals surface area contributed by atoms with Crippen molar-refractivity contribution in [2.75, 3.05) is 40.9 Å². The summed E-state index contributed by atoms with van der Waals surface area (Å²) in [5.74, 6) is 0. The van der Waals surface area contributed by atoms with E-state index in [0.717, 1.165) is 13.2 Å². The zero-order chi connectivity index (χ0) is 10.1. The first-order chi connectivity index (χ1) is 6.66. The van der Waals surface area contributed by atoms with Crippen molar-refractivity contribution in [3.8, 4) is 0 Å². The molecule has 0 spiro atoms. The molecule has 2 saturated heterocycles. The second-order valence-electron chi connectivity index (χ2n) is 3.93. The fourth-order valence-corrected chi connectivity index (χ4v) is 4.17. The van der Waals surface area contributed by atoms with Crippen LogP contribution in [0.4, 0.5) is 0 Å².